The first-order valence-electron chi connectivity index (χ1n) is 6.07. The summed E-state index contributed by atoms with van der Waals surface area (Å²) in [7, 11) is 0. The number of benzene rings is 1. The second-order valence-corrected chi connectivity index (χ2v) is 5.77. The first-order chi connectivity index (χ1) is 8.33. The lowest BCUT2D eigenvalue weighted by Gasteiger charge is -2.28. The van der Waals surface area contributed by atoms with Gasteiger partial charge in [-0.1, -0.05) is 13.0 Å². The largest absolute Gasteiger partial charge is 0.486 e. The lowest BCUT2D eigenvalue weighted by atomic mass is 10.1. The highest BCUT2D eigenvalue weighted by Gasteiger charge is 2.21. The molecule has 0 saturated carbocycles. The lowest BCUT2D eigenvalue weighted by Crippen LogP contribution is -2.31. The van der Waals surface area contributed by atoms with Crippen LogP contribution in [0.15, 0.2) is 18.2 Å². The van der Waals surface area contributed by atoms with E-state index in [-0.39, 0.29) is 0 Å². The molecule has 17 heavy (non-hydrogen) atoms. The third-order valence-corrected chi connectivity index (χ3v) is 4.60. The van der Waals surface area contributed by atoms with Gasteiger partial charge in [0, 0.05) is 0 Å². The Balaban J connectivity index is 1.79. The van der Waals surface area contributed by atoms with Crippen LogP contribution in [0, 0.1) is 5.92 Å². The summed E-state index contributed by atoms with van der Waals surface area (Å²) in [6, 6.07) is 6.26. The van der Waals surface area contributed by atoms with Crippen molar-refractivity contribution in [2.45, 2.75) is 12.3 Å². The van der Waals surface area contributed by atoms with Crippen molar-refractivity contribution < 1.29 is 9.47 Å². The van der Waals surface area contributed by atoms with Crippen molar-refractivity contribution in [3.63, 3.8) is 0 Å². The molecule has 0 aliphatic carbocycles. The van der Waals surface area contributed by atoms with Gasteiger partial charge >= 0.3 is 0 Å². The molecule has 3 rings (SSSR count). The maximum atomic E-state index is 5.61. The fraction of sp³-hybridized carbons (Fsp3) is 0.538. The summed E-state index contributed by atoms with van der Waals surface area (Å²) in [5, 5.41) is 3.95. The molecule has 2 aliphatic rings. The average molecular weight is 251 g/mol. The van der Waals surface area contributed by atoms with Crippen molar-refractivity contribution >= 4 is 11.8 Å². The second-order valence-electron chi connectivity index (χ2n) is 4.63. The number of rotatable bonds is 1. The number of ether oxygens (including phenoxy) is 2. The summed E-state index contributed by atoms with van der Waals surface area (Å²) >= 11 is 1.97. The third kappa shape index (κ3) is 2.38. The highest BCUT2D eigenvalue weighted by atomic mass is 32.2. The van der Waals surface area contributed by atoms with Crippen LogP contribution in [-0.2, 0) is 0 Å². The van der Waals surface area contributed by atoms with Gasteiger partial charge in [0.15, 0.2) is 11.5 Å². The summed E-state index contributed by atoms with van der Waals surface area (Å²) in [4.78, 5) is 0. The van der Waals surface area contributed by atoms with Crippen LogP contribution in [0.1, 0.15) is 17.9 Å². The fourth-order valence-corrected chi connectivity index (χ4v) is 3.32. The molecular formula is C13H17NO2S. The molecule has 4 heteroatoms. The zero-order valence-corrected chi connectivity index (χ0v) is 10.8. The predicted octanol–water partition coefficient (Wildman–Crippen LogP) is 2.43. The van der Waals surface area contributed by atoms with E-state index in [1.807, 2.05) is 17.8 Å². The Hall–Kier alpha value is -0.870. The van der Waals surface area contributed by atoms with E-state index in [0.717, 1.165) is 24.0 Å². The van der Waals surface area contributed by atoms with Crippen LogP contribution in [0.3, 0.4) is 0 Å². The molecule has 1 saturated heterocycles. The van der Waals surface area contributed by atoms with Gasteiger partial charge in [-0.05, 0) is 35.9 Å². The van der Waals surface area contributed by atoms with E-state index in [1.54, 1.807) is 0 Å². The van der Waals surface area contributed by atoms with Crippen molar-refractivity contribution in [3.8, 4) is 11.5 Å². The highest BCUT2D eigenvalue weighted by molar-refractivity contribution is 7.99. The Morgan fingerprint density at radius 1 is 1.24 bits per heavy atom. The zero-order valence-electron chi connectivity index (χ0n) is 9.94. The first kappa shape index (κ1) is 11.2. The minimum absolute atomic E-state index is 0.391. The molecular weight excluding hydrogens is 234 g/mol. The minimum atomic E-state index is 0.391. The quantitative estimate of drug-likeness (QED) is 0.830. The lowest BCUT2D eigenvalue weighted by molar-refractivity contribution is 0.171. The molecule has 0 spiro atoms. The van der Waals surface area contributed by atoms with Crippen molar-refractivity contribution in [1.29, 1.82) is 0 Å². The van der Waals surface area contributed by atoms with Crippen LogP contribution < -0.4 is 14.8 Å². The maximum absolute atomic E-state index is 5.61. The number of thioether (sulfide) groups is 1. The van der Waals surface area contributed by atoms with E-state index in [1.165, 1.54) is 11.3 Å². The van der Waals surface area contributed by atoms with Crippen LogP contribution >= 0.6 is 11.8 Å². The Labute approximate surface area is 106 Å². The van der Waals surface area contributed by atoms with Crippen LogP contribution in [-0.4, -0.2) is 25.5 Å². The zero-order chi connectivity index (χ0) is 11.7. The van der Waals surface area contributed by atoms with Gasteiger partial charge < -0.3 is 14.8 Å². The smallest absolute Gasteiger partial charge is 0.161 e. The topological polar surface area (TPSA) is 30.5 Å². The van der Waals surface area contributed by atoms with Crippen LogP contribution in [0.25, 0.3) is 0 Å². The van der Waals surface area contributed by atoms with E-state index in [0.29, 0.717) is 18.6 Å². The molecule has 1 N–H and O–H groups in total. The van der Waals surface area contributed by atoms with E-state index in [2.05, 4.69) is 24.4 Å². The van der Waals surface area contributed by atoms with Gasteiger partial charge in [-0.3, -0.25) is 0 Å². The van der Waals surface area contributed by atoms with Crippen molar-refractivity contribution in [2.24, 2.45) is 5.92 Å². The average Bonchev–Trinajstić information content (AvgIpc) is 2.39. The Morgan fingerprint density at radius 2 is 2.06 bits per heavy atom. The standard InChI is InChI=1S/C13H17NO2S/c1-9-7-14-13(17-8-9)10-2-3-11-12(6-10)16-5-4-15-11/h2-3,6,9,13-14H,4-5,7-8H2,1H3. The molecule has 1 fully saturated rings. The van der Waals surface area contributed by atoms with Crippen molar-refractivity contribution in [3.05, 3.63) is 23.8 Å². The van der Waals surface area contributed by atoms with Gasteiger partial charge in [-0.15, -0.1) is 11.8 Å². The molecule has 2 heterocycles. The van der Waals surface area contributed by atoms with Crippen LogP contribution in [0.2, 0.25) is 0 Å². The van der Waals surface area contributed by atoms with E-state index >= 15 is 0 Å². The SMILES string of the molecule is CC1CNC(c2ccc3c(c2)OCCO3)SC1. The maximum Gasteiger partial charge on any atom is 0.161 e. The van der Waals surface area contributed by atoms with Gasteiger partial charge in [0.05, 0.1) is 5.37 Å². The van der Waals surface area contributed by atoms with Crippen LogP contribution in [0.4, 0.5) is 0 Å². The molecule has 1 aromatic carbocycles. The minimum Gasteiger partial charge on any atom is -0.486 e. The molecule has 2 atom stereocenters. The molecule has 0 aromatic heterocycles. The number of nitrogens with one attached hydrogen (secondary N) is 1. The van der Waals surface area contributed by atoms with Gasteiger partial charge in [0.2, 0.25) is 0 Å². The number of hydrogen-bond acceptors (Lipinski definition) is 4. The second kappa shape index (κ2) is 4.78. The van der Waals surface area contributed by atoms with E-state index in [9.17, 15) is 0 Å². The third-order valence-electron chi connectivity index (χ3n) is 3.07. The molecule has 2 unspecified atom stereocenters. The molecule has 0 amide bonds. The normalized spacial score (nSPS) is 27.8. The number of hydrogen-bond donors (Lipinski definition) is 1. The monoisotopic (exact) mass is 251 g/mol. The number of fused-ring (bicyclic) bond motifs is 1. The molecule has 1 aromatic rings. The fourth-order valence-electron chi connectivity index (χ4n) is 2.12. The van der Waals surface area contributed by atoms with Crippen LogP contribution in [0.5, 0.6) is 11.5 Å². The van der Waals surface area contributed by atoms with Gasteiger partial charge in [-0.25, -0.2) is 0 Å². The Morgan fingerprint density at radius 3 is 2.82 bits per heavy atom. The summed E-state index contributed by atoms with van der Waals surface area (Å²) in [5.74, 6) is 3.73. The van der Waals surface area contributed by atoms with Crippen molar-refractivity contribution in [1.82, 2.24) is 5.32 Å². The summed E-state index contributed by atoms with van der Waals surface area (Å²) < 4.78 is 11.1. The molecule has 3 nitrogen and oxygen atoms in total. The Kier molecular flexibility index (Phi) is 3.16. The Bertz CT molecular complexity index is 402. The first-order valence-corrected chi connectivity index (χ1v) is 7.12. The summed E-state index contributed by atoms with van der Waals surface area (Å²) in [6.07, 6.45) is 0. The summed E-state index contributed by atoms with van der Waals surface area (Å²) in [5.41, 5.74) is 1.28. The van der Waals surface area contributed by atoms with E-state index < -0.39 is 0 Å². The predicted molar refractivity (Wildman–Crippen MR) is 69.8 cm³/mol. The molecule has 2 aliphatic heterocycles. The molecule has 0 bridgehead atoms. The molecule has 0 radical (unpaired) electrons. The van der Waals surface area contributed by atoms with Gasteiger partial charge in [0.25, 0.3) is 0 Å². The highest BCUT2D eigenvalue weighted by Crippen LogP contribution is 2.37. The van der Waals surface area contributed by atoms with Crippen molar-refractivity contribution in [2.75, 3.05) is 25.5 Å². The van der Waals surface area contributed by atoms with Gasteiger partial charge in [0.1, 0.15) is 13.2 Å². The van der Waals surface area contributed by atoms with Gasteiger partial charge in [-0.2, -0.15) is 0 Å². The van der Waals surface area contributed by atoms with E-state index in [4.69, 9.17) is 9.47 Å². The summed E-state index contributed by atoms with van der Waals surface area (Å²) in [6.45, 7) is 4.67. The molecule has 92 valence electrons.